The molecule has 4 aromatic rings. The Morgan fingerprint density at radius 2 is 1.98 bits per heavy atom. The molecule has 12 heteroatoms. The van der Waals surface area contributed by atoms with Gasteiger partial charge >= 0.3 is 0 Å². The number of aliphatic hydroxyl groups excluding tert-OH is 2. The van der Waals surface area contributed by atoms with Crippen molar-refractivity contribution in [3.63, 3.8) is 0 Å². The minimum Gasteiger partial charge on any atom is -0.389 e. The van der Waals surface area contributed by atoms with Gasteiger partial charge in [-0.15, -0.1) is 0 Å². The van der Waals surface area contributed by atoms with Crippen LogP contribution in [0.25, 0.3) is 11.2 Å². The van der Waals surface area contributed by atoms with E-state index in [0.29, 0.717) is 41.1 Å². The highest BCUT2D eigenvalue weighted by atomic mass is 19.2. The van der Waals surface area contributed by atoms with E-state index in [1.165, 1.54) is 19.4 Å². The van der Waals surface area contributed by atoms with Gasteiger partial charge in [0.1, 0.15) is 11.8 Å². The van der Waals surface area contributed by atoms with Crippen molar-refractivity contribution in [2.45, 2.75) is 43.1 Å². The van der Waals surface area contributed by atoms with E-state index in [4.69, 9.17) is 0 Å². The molecule has 10 nitrogen and oxygen atoms in total. The summed E-state index contributed by atoms with van der Waals surface area (Å²) in [4.78, 5) is 30.6. The number of fused-ring (bicyclic) bond motifs is 2. The number of pyridine rings is 1. The lowest BCUT2D eigenvalue weighted by Gasteiger charge is -2.23. The zero-order valence-corrected chi connectivity index (χ0v) is 21.8. The van der Waals surface area contributed by atoms with Gasteiger partial charge in [0.15, 0.2) is 28.6 Å². The fourth-order valence-electron chi connectivity index (χ4n) is 6.28. The predicted octanol–water partition coefficient (Wildman–Crippen LogP) is 1.90. The van der Waals surface area contributed by atoms with Crippen LogP contribution in [0.3, 0.4) is 0 Å². The maximum atomic E-state index is 13.8. The SMILES string of the molecule is CNC(=O)[C@]12CC1[C@@H](n1cnc3c(NC4CC4c4ccc(F)c(F)c4)nc(C#Cc4ccccn4)nc31)[C@H](O)C2O. The normalized spacial score (nSPS) is 29.4. The lowest BCUT2D eigenvalue weighted by molar-refractivity contribution is -0.132. The molecule has 0 aliphatic heterocycles. The zero-order valence-electron chi connectivity index (χ0n) is 21.8. The maximum Gasteiger partial charge on any atom is 0.229 e. The van der Waals surface area contributed by atoms with Crippen LogP contribution in [-0.2, 0) is 4.79 Å². The molecule has 7 rings (SSSR count). The standard InChI is InChI=1S/C29H25F2N7O3/c1-32-28(41)29-12-17(29)23(24(39)25(29)40)38-13-34-22-26(35-20-11-16(20)14-5-7-18(30)19(31)10-14)36-21(37-27(22)38)8-6-15-4-2-3-9-33-15/h2-5,7,9-10,13,16-17,20,23-25,39-40H,11-12H2,1H3,(H,32,41)(H,35,36,37)/t16?,17?,20?,23-,24+,25?,29-/m1/s1. The van der Waals surface area contributed by atoms with E-state index < -0.39 is 35.3 Å². The molecule has 0 bridgehead atoms. The number of anilines is 1. The number of hydrogen-bond acceptors (Lipinski definition) is 8. The van der Waals surface area contributed by atoms with E-state index in [-0.39, 0.29) is 29.6 Å². The number of benzene rings is 1. The minimum absolute atomic E-state index is 0.0494. The summed E-state index contributed by atoms with van der Waals surface area (Å²) in [5.74, 6) is 4.02. The van der Waals surface area contributed by atoms with E-state index in [9.17, 15) is 23.8 Å². The highest BCUT2D eigenvalue weighted by molar-refractivity contribution is 5.88. The van der Waals surface area contributed by atoms with Crippen molar-refractivity contribution in [2.75, 3.05) is 12.4 Å². The van der Waals surface area contributed by atoms with Crippen LogP contribution in [0.5, 0.6) is 0 Å². The van der Waals surface area contributed by atoms with Crippen LogP contribution < -0.4 is 10.6 Å². The summed E-state index contributed by atoms with van der Waals surface area (Å²) in [6.07, 6.45) is 1.81. The molecule has 208 valence electrons. The number of halogens is 2. The first-order valence-electron chi connectivity index (χ1n) is 13.3. The quantitative estimate of drug-likeness (QED) is 0.273. The third-order valence-electron chi connectivity index (χ3n) is 8.52. The van der Waals surface area contributed by atoms with Crippen molar-refractivity contribution in [1.82, 2.24) is 29.8 Å². The molecule has 7 atom stereocenters. The molecule has 4 N–H and O–H groups in total. The van der Waals surface area contributed by atoms with Crippen LogP contribution in [0, 0.1) is 34.8 Å². The van der Waals surface area contributed by atoms with E-state index in [2.05, 4.69) is 42.4 Å². The molecule has 3 aromatic heterocycles. The maximum absolute atomic E-state index is 13.8. The fourth-order valence-corrected chi connectivity index (χ4v) is 6.28. The van der Waals surface area contributed by atoms with Crippen LogP contribution >= 0.6 is 0 Å². The van der Waals surface area contributed by atoms with Gasteiger partial charge in [-0.05, 0) is 54.5 Å². The number of imidazole rings is 1. The number of amides is 1. The molecule has 4 unspecified atom stereocenters. The summed E-state index contributed by atoms with van der Waals surface area (Å²) in [6.45, 7) is 0. The number of nitrogens with zero attached hydrogens (tertiary/aromatic N) is 5. The highest BCUT2D eigenvalue weighted by Crippen LogP contribution is 2.67. The zero-order chi connectivity index (χ0) is 28.5. The molecule has 3 aliphatic carbocycles. The van der Waals surface area contributed by atoms with Gasteiger partial charge in [0.2, 0.25) is 11.7 Å². The molecule has 1 aromatic carbocycles. The van der Waals surface area contributed by atoms with E-state index >= 15 is 0 Å². The summed E-state index contributed by atoms with van der Waals surface area (Å²) >= 11 is 0. The monoisotopic (exact) mass is 557 g/mol. The van der Waals surface area contributed by atoms with Crippen molar-refractivity contribution in [2.24, 2.45) is 11.3 Å². The Morgan fingerprint density at radius 1 is 1.12 bits per heavy atom. The molecule has 3 heterocycles. The number of carbonyl (C=O) groups excluding carboxylic acids is 1. The first kappa shape index (κ1) is 25.5. The number of hydrogen-bond donors (Lipinski definition) is 4. The third-order valence-corrected chi connectivity index (χ3v) is 8.52. The predicted molar refractivity (Wildman–Crippen MR) is 142 cm³/mol. The van der Waals surface area contributed by atoms with E-state index in [1.807, 2.05) is 6.07 Å². The number of nitrogens with one attached hydrogen (secondary N) is 2. The summed E-state index contributed by atoms with van der Waals surface area (Å²) < 4.78 is 29.0. The Morgan fingerprint density at radius 3 is 2.73 bits per heavy atom. The molecular formula is C29H25F2N7O3. The third kappa shape index (κ3) is 4.03. The summed E-state index contributed by atoms with van der Waals surface area (Å²) in [6, 6.07) is 8.50. The van der Waals surface area contributed by atoms with Crippen LogP contribution in [0.4, 0.5) is 14.6 Å². The second kappa shape index (κ2) is 9.29. The molecule has 3 saturated carbocycles. The van der Waals surface area contributed by atoms with Gasteiger partial charge in [0.05, 0.1) is 23.9 Å². The Hall–Kier alpha value is -4.47. The van der Waals surface area contributed by atoms with Crippen molar-refractivity contribution < 1.29 is 23.8 Å². The molecule has 0 saturated heterocycles. The summed E-state index contributed by atoms with van der Waals surface area (Å²) in [5.41, 5.74) is 0.951. The van der Waals surface area contributed by atoms with Gasteiger partial charge in [-0.2, -0.15) is 0 Å². The number of rotatable bonds is 5. The average Bonchev–Trinajstić information content (AvgIpc) is 3.86. The minimum atomic E-state index is -1.24. The molecule has 1 amide bonds. The van der Waals surface area contributed by atoms with Crippen molar-refractivity contribution >= 4 is 22.9 Å². The molecule has 41 heavy (non-hydrogen) atoms. The van der Waals surface area contributed by atoms with Crippen LogP contribution in [0.2, 0.25) is 0 Å². The van der Waals surface area contributed by atoms with Crippen LogP contribution in [0.15, 0.2) is 48.9 Å². The van der Waals surface area contributed by atoms with Gasteiger partial charge in [-0.3, -0.25) is 4.79 Å². The molecule has 0 spiro atoms. The highest BCUT2D eigenvalue weighted by Gasteiger charge is 2.75. The van der Waals surface area contributed by atoms with Gasteiger partial charge in [-0.25, -0.2) is 28.7 Å². The lowest BCUT2D eigenvalue weighted by atomic mass is 9.98. The van der Waals surface area contributed by atoms with Crippen molar-refractivity contribution in [3.05, 3.63) is 77.6 Å². The van der Waals surface area contributed by atoms with Gasteiger partial charge < -0.3 is 25.4 Å². The molecule has 3 fully saturated rings. The van der Waals surface area contributed by atoms with Crippen LogP contribution in [0.1, 0.15) is 41.9 Å². The second-order valence-electron chi connectivity index (χ2n) is 10.8. The van der Waals surface area contributed by atoms with E-state index in [1.54, 1.807) is 29.0 Å². The topological polar surface area (TPSA) is 138 Å². The van der Waals surface area contributed by atoms with Crippen molar-refractivity contribution in [1.29, 1.82) is 0 Å². The second-order valence-corrected chi connectivity index (χ2v) is 10.8. The Kier molecular flexibility index (Phi) is 5.78. The Bertz CT molecular complexity index is 1750. The smallest absolute Gasteiger partial charge is 0.229 e. The van der Waals surface area contributed by atoms with Crippen molar-refractivity contribution in [3.8, 4) is 11.8 Å². The number of aromatic nitrogens is 5. The number of carbonyl (C=O) groups is 1. The number of aliphatic hydroxyl groups is 2. The Labute approximate surface area is 232 Å². The largest absolute Gasteiger partial charge is 0.389 e. The van der Waals surface area contributed by atoms with E-state index in [0.717, 1.165) is 6.07 Å². The first-order valence-corrected chi connectivity index (χ1v) is 13.3. The van der Waals surface area contributed by atoms with Crippen LogP contribution in [-0.4, -0.2) is 65.9 Å². The van der Waals surface area contributed by atoms with Gasteiger partial charge in [-0.1, -0.05) is 12.1 Å². The molecule has 3 aliphatic rings. The molecular weight excluding hydrogens is 532 g/mol. The first-order chi connectivity index (χ1) is 19.8. The molecule has 0 radical (unpaired) electrons. The summed E-state index contributed by atoms with van der Waals surface area (Å²) in [5, 5.41) is 27.8. The average molecular weight is 558 g/mol. The van der Waals surface area contributed by atoms with Gasteiger partial charge in [0, 0.05) is 31.1 Å². The fraction of sp³-hybridized carbons (Fsp3) is 0.345. The lowest BCUT2D eigenvalue weighted by Crippen LogP contribution is -2.41. The Balaban J connectivity index is 1.26. The van der Waals surface area contributed by atoms with Gasteiger partial charge in [0.25, 0.3) is 0 Å². The summed E-state index contributed by atoms with van der Waals surface area (Å²) in [7, 11) is 1.51.